The lowest BCUT2D eigenvalue weighted by Crippen LogP contribution is -2.45. The van der Waals surface area contributed by atoms with Gasteiger partial charge in [0, 0.05) is 13.3 Å². The van der Waals surface area contributed by atoms with E-state index in [1.165, 1.54) is 6.92 Å². The van der Waals surface area contributed by atoms with Gasteiger partial charge in [0.05, 0.1) is 6.61 Å². The number of carbonyl (C=O) groups is 1. The van der Waals surface area contributed by atoms with E-state index in [1.807, 2.05) is 0 Å². The molecule has 4 heteroatoms. The Balaban J connectivity index is 2.53. The van der Waals surface area contributed by atoms with E-state index >= 15 is 0 Å². The third-order valence-electron chi connectivity index (χ3n) is 2.19. The molecule has 0 radical (unpaired) electrons. The zero-order valence-corrected chi connectivity index (χ0v) is 9.17. The fraction of sp³-hybridized carbons (Fsp3) is 0.875. The third kappa shape index (κ3) is 2.32. The fourth-order valence-corrected chi connectivity index (χ4v) is 2.82. The summed E-state index contributed by atoms with van der Waals surface area (Å²) in [5.74, 6) is -0.216. The van der Waals surface area contributed by atoms with Crippen LogP contribution >= 0.6 is 0 Å². The first-order valence-electron chi connectivity index (χ1n) is 4.52. The first-order chi connectivity index (χ1) is 5.68. The van der Waals surface area contributed by atoms with Gasteiger partial charge in [0.15, 0.2) is 5.41 Å². The molecule has 0 aromatic rings. The lowest BCUT2D eigenvalue weighted by molar-refractivity contribution is -0.205. The van der Waals surface area contributed by atoms with Crippen LogP contribution in [0.2, 0.25) is 6.55 Å². The van der Waals surface area contributed by atoms with E-state index in [9.17, 15) is 4.79 Å². The largest absolute Gasteiger partial charge is 0.438 e. The van der Waals surface area contributed by atoms with Gasteiger partial charge in [0.2, 0.25) is 0 Å². The lowest BCUT2D eigenvalue weighted by Gasteiger charge is -2.35. The van der Waals surface area contributed by atoms with Crippen molar-refractivity contribution in [3.8, 4) is 0 Å². The van der Waals surface area contributed by atoms with Crippen LogP contribution in [0, 0.1) is 0 Å². The molecule has 1 aliphatic heterocycles. The van der Waals surface area contributed by atoms with Crippen LogP contribution in [0.15, 0.2) is 0 Å². The Labute approximate surface area is 75.3 Å². The molecule has 0 spiro atoms. The minimum Gasteiger partial charge on any atom is -0.438 e. The van der Waals surface area contributed by atoms with E-state index in [-0.39, 0.29) is 5.97 Å². The van der Waals surface area contributed by atoms with Crippen LogP contribution in [-0.4, -0.2) is 27.5 Å². The molecule has 0 saturated carbocycles. The Kier molecular flexibility index (Phi) is 3.28. The molecule has 12 heavy (non-hydrogen) atoms. The van der Waals surface area contributed by atoms with Crippen molar-refractivity contribution in [2.45, 2.75) is 38.1 Å². The predicted molar refractivity (Wildman–Crippen MR) is 48.7 cm³/mol. The normalized spacial score (nSPS) is 30.8. The summed E-state index contributed by atoms with van der Waals surface area (Å²) >= 11 is 0. The number of hydrogen-bond acceptors (Lipinski definition) is 3. The smallest absolute Gasteiger partial charge is 0.304 e. The van der Waals surface area contributed by atoms with Crippen molar-refractivity contribution in [1.29, 1.82) is 0 Å². The summed E-state index contributed by atoms with van der Waals surface area (Å²) in [5, 5.41) is 0. The Morgan fingerprint density at radius 2 is 2.33 bits per heavy atom. The number of hydrogen-bond donors (Lipinski definition) is 0. The van der Waals surface area contributed by atoms with Gasteiger partial charge >= 0.3 is 5.97 Å². The van der Waals surface area contributed by atoms with Crippen molar-refractivity contribution in [2.24, 2.45) is 0 Å². The van der Waals surface area contributed by atoms with Gasteiger partial charge in [-0.15, -0.1) is 0 Å². The maximum atomic E-state index is 10.8. The molecular formula is C8H16O3Si. The van der Waals surface area contributed by atoms with Crippen molar-refractivity contribution >= 4 is 15.5 Å². The number of rotatable bonds is 2. The monoisotopic (exact) mass is 188 g/mol. The van der Waals surface area contributed by atoms with Crippen LogP contribution in [0.1, 0.15) is 26.2 Å². The van der Waals surface area contributed by atoms with Crippen LogP contribution in [0.4, 0.5) is 0 Å². The zero-order valence-electron chi connectivity index (χ0n) is 7.76. The van der Waals surface area contributed by atoms with Crippen molar-refractivity contribution in [2.75, 3.05) is 6.61 Å². The SMILES string of the molecule is C[SiH2]C1(OC(C)=O)CCCCO1. The van der Waals surface area contributed by atoms with Gasteiger partial charge in [-0.05, 0) is 12.8 Å². The average Bonchev–Trinajstić information content (AvgIpc) is 2.05. The molecule has 1 unspecified atom stereocenters. The van der Waals surface area contributed by atoms with Crippen molar-refractivity contribution in [1.82, 2.24) is 0 Å². The molecule has 1 saturated heterocycles. The minimum absolute atomic E-state index is 0.216. The summed E-state index contributed by atoms with van der Waals surface area (Å²) in [7, 11) is -0.447. The Bertz CT molecular complexity index is 164. The first kappa shape index (κ1) is 9.73. The topological polar surface area (TPSA) is 35.5 Å². The van der Waals surface area contributed by atoms with Gasteiger partial charge in [-0.3, -0.25) is 4.79 Å². The van der Waals surface area contributed by atoms with Crippen LogP contribution in [0.3, 0.4) is 0 Å². The van der Waals surface area contributed by atoms with Gasteiger partial charge in [-0.25, -0.2) is 0 Å². The lowest BCUT2D eigenvalue weighted by atomic mass is 10.2. The molecule has 0 aromatic carbocycles. The third-order valence-corrected chi connectivity index (χ3v) is 3.96. The Hall–Kier alpha value is -0.353. The maximum absolute atomic E-state index is 10.8. The second kappa shape index (κ2) is 4.05. The second-order valence-electron chi connectivity index (χ2n) is 3.16. The summed E-state index contributed by atoms with van der Waals surface area (Å²) in [5.41, 5.74) is -0.468. The van der Waals surface area contributed by atoms with Gasteiger partial charge in [-0.1, -0.05) is 6.55 Å². The summed E-state index contributed by atoms with van der Waals surface area (Å²) in [6.45, 7) is 4.31. The van der Waals surface area contributed by atoms with E-state index in [0.29, 0.717) is 0 Å². The molecule has 0 aliphatic carbocycles. The molecule has 3 nitrogen and oxygen atoms in total. The highest BCUT2D eigenvalue weighted by molar-refractivity contribution is 6.37. The maximum Gasteiger partial charge on any atom is 0.304 e. The van der Waals surface area contributed by atoms with Crippen LogP contribution in [0.25, 0.3) is 0 Å². The fourth-order valence-electron chi connectivity index (χ4n) is 1.52. The molecule has 70 valence electrons. The van der Waals surface area contributed by atoms with Gasteiger partial charge in [0.25, 0.3) is 0 Å². The Morgan fingerprint density at radius 1 is 1.58 bits per heavy atom. The van der Waals surface area contributed by atoms with Gasteiger partial charge in [-0.2, -0.15) is 0 Å². The van der Waals surface area contributed by atoms with E-state index < -0.39 is 14.9 Å². The molecule has 0 amide bonds. The van der Waals surface area contributed by atoms with Crippen molar-refractivity contribution < 1.29 is 14.3 Å². The Morgan fingerprint density at radius 3 is 2.75 bits per heavy atom. The van der Waals surface area contributed by atoms with E-state index in [2.05, 4.69) is 6.55 Å². The standard InChI is InChI=1S/C8H16O3Si/c1-7(9)11-8(12-2)5-3-4-6-10-8/h3-6,12H2,1-2H3. The molecule has 0 bridgehead atoms. The zero-order chi connectivity index (χ0) is 9.03. The molecule has 1 rings (SSSR count). The molecule has 0 N–H and O–H groups in total. The van der Waals surface area contributed by atoms with E-state index in [4.69, 9.17) is 9.47 Å². The van der Waals surface area contributed by atoms with Crippen molar-refractivity contribution in [3.05, 3.63) is 0 Å². The minimum atomic E-state index is -0.468. The summed E-state index contributed by atoms with van der Waals surface area (Å²) in [4.78, 5) is 10.8. The molecule has 0 aromatic heterocycles. The van der Waals surface area contributed by atoms with Crippen LogP contribution in [-0.2, 0) is 14.3 Å². The van der Waals surface area contributed by atoms with E-state index in [0.717, 1.165) is 25.9 Å². The molecule has 1 aliphatic rings. The van der Waals surface area contributed by atoms with Crippen LogP contribution < -0.4 is 0 Å². The summed E-state index contributed by atoms with van der Waals surface area (Å²) in [6.07, 6.45) is 3.11. The molecule has 1 heterocycles. The number of ether oxygens (including phenoxy) is 2. The summed E-state index contributed by atoms with van der Waals surface area (Å²) in [6, 6.07) is 0. The average molecular weight is 188 g/mol. The highest BCUT2D eigenvalue weighted by Crippen LogP contribution is 2.25. The number of carbonyl (C=O) groups excluding carboxylic acids is 1. The highest BCUT2D eigenvalue weighted by atomic mass is 28.2. The predicted octanol–water partition coefficient (Wildman–Crippen LogP) is 0.621. The second-order valence-corrected chi connectivity index (χ2v) is 4.95. The van der Waals surface area contributed by atoms with E-state index in [1.54, 1.807) is 0 Å². The first-order valence-corrected chi connectivity index (χ1v) is 6.64. The molecular weight excluding hydrogens is 172 g/mol. The van der Waals surface area contributed by atoms with Gasteiger partial charge in [0.1, 0.15) is 9.52 Å². The number of esters is 1. The quantitative estimate of drug-likeness (QED) is 0.471. The molecule has 1 fully saturated rings. The molecule has 1 atom stereocenters. The highest BCUT2D eigenvalue weighted by Gasteiger charge is 2.34. The summed E-state index contributed by atoms with van der Waals surface area (Å²) < 4.78 is 10.8. The van der Waals surface area contributed by atoms with Gasteiger partial charge < -0.3 is 9.47 Å². The van der Waals surface area contributed by atoms with Crippen molar-refractivity contribution in [3.63, 3.8) is 0 Å². The van der Waals surface area contributed by atoms with Crippen LogP contribution in [0.5, 0.6) is 0 Å².